The van der Waals surface area contributed by atoms with E-state index in [9.17, 15) is 14.4 Å². The number of nitrogens with two attached hydrogens (primary N) is 1. The second-order valence-corrected chi connectivity index (χ2v) is 8.86. The lowest BCUT2D eigenvalue weighted by molar-refractivity contribution is -0.137. The van der Waals surface area contributed by atoms with Crippen LogP contribution in [0.3, 0.4) is 0 Å². The van der Waals surface area contributed by atoms with Crippen LogP contribution >= 0.6 is 23.1 Å². The quantitative estimate of drug-likeness (QED) is 0.391. The van der Waals surface area contributed by atoms with E-state index in [1.807, 2.05) is 13.8 Å². The van der Waals surface area contributed by atoms with Crippen molar-refractivity contribution in [1.82, 2.24) is 19.7 Å². The molecule has 2 aromatic heterocycles. The first-order chi connectivity index (χ1) is 14.7. The molecule has 2 rings (SSSR count). The molecule has 2 heterocycles. The van der Waals surface area contributed by atoms with Gasteiger partial charge in [-0.1, -0.05) is 43.9 Å². The molecule has 11 nitrogen and oxygen atoms in total. The molecule has 0 aromatic carbocycles. The van der Waals surface area contributed by atoms with Gasteiger partial charge in [-0.2, -0.15) is 0 Å². The molecule has 0 bridgehead atoms. The second-order valence-electron chi connectivity index (χ2n) is 6.91. The molecular weight excluding hydrogens is 444 g/mol. The summed E-state index contributed by atoms with van der Waals surface area (Å²) < 4.78 is 11.3. The number of thiazole rings is 1. The Balaban J connectivity index is 2.16. The van der Waals surface area contributed by atoms with Crippen molar-refractivity contribution in [2.45, 2.75) is 45.3 Å². The van der Waals surface area contributed by atoms with E-state index in [0.717, 1.165) is 23.1 Å². The standard InChI is InChI=1S/C18H26N6O5S2/c1-6-11(24-16(19)22-23-18(24)30-8-12(25)28-5)14(26)21-17-20-10(4)13(31-17)15(27)29-7-9(2)3/h9,11H,6-8H2,1-5H3,(H2,19,22)(H,20,21,26). The van der Waals surface area contributed by atoms with Gasteiger partial charge in [0, 0.05) is 0 Å². The van der Waals surface area contributed by atoms with E-state index in [0.29, 0.717) is 28.8 Å². The Morgan fingerprint density at radius 3 is 2.61 bits per heavy atom. The number of aryl methyl sites for hydroxylation is 1. The summed E-state index contributed by atoms with van der Waals surface area (Å²) in [5, 5.41) is 11.1. The largest absolute Gasteiger partial charge is 0.468 e. The molecule has 0 fully saturated rings. The van der Waals surface area contributed by atoms with Crippen LogP contribution < -0.4 is 11.1 Å². The van der Waals surface area contributed by atoms with Crippen molar-refractivity contribution >= 4 is 52.0 Å². The molecule has 31 heavy (non-hydrogen) atoms. The first-order valence-corrected chi connectivity index (χ1v) is 11.3. The Bertz CT molecular complexity index is 942. The predicted octanol–water partition coefficient (Wildman–Crippen LogP) is 2.29. The molecule has 1 atom stereocenters. The number of carbonyl (C=O) groups is 3. The minimum atomic E-state index is -0.740. The highest BCUT2D eigenvalue weighted by atomic mass is 32.2. The van der Waals surface area contributed by atoms with Crippen LogP contribution in [0.2, 0.25) is 0 Å². The zero-order valence-electron chi connectivity index (χ0n) is 18.0. The number of hydrogen-bond acceptors (Lipinski definition) is 11. The van der Waals surface area contributed by atoms with E-state index < -0.39 is 23.9 Å². The topological polar surface area (TPSA) is 151 Å². The lowest BCUT2D eigenvalue weighted by Crippen LogP contribution is -2.27. The van der Waals surface area contributed by atoms with Crippen molar-refractivity contribution in [1.29, 1.82) is 0 Å². The van der Waals surface area contributed by atoms with Gasteiger partial charge in [0.1, 0.15) is 10.9 Å². The molecule has 170 valence electrons. The number of nitrogens with one attached hydrogen (secondary N) is 1. The van der Waals surface area contributed by atoms with Crippen molar-refractivity contribution in [2.75, 3.05) is 30.5 Å². The smallest absolute Gasteiger partial charge is 0.350 e. The number of thioether (sulfide) groups is 1. The molecule has 2 aromatic rings. The number of nitrogen functional groups attached to an aromatic ring is 1. The van der Waals surface area contributed by atoms with E-state index >= 15 is 0 Å². The van der Waals surface area contributed by atoms with Crippen LogP contribution in [0.4, 0.5) is 11.1 Å². The lowest BCUT2D eigenvalue weighted by Gasteiger charge is -2.18. The fourth-order valence-corrected chi connectivity index (χ4v) is 4.17. The van der Waals surface area contributed by atoms with E-state index in [1.165, 1.54) is 11.7 Å². The van der Waals surface area contributed by atoms with E-state index in [1.54, 1.807) is 13.8 Å². The molecule has 1 amide bonds. The Hall–Kier alpha value is -2.67. The maximum absolute atomic E-state index is 13.0. The highest BCUT2D eigenvalue weighted by Crippen LogP contribution is 2.28. The van der Waals surface area contributed by atoms with Gasteiger partial charge in [-0.3, -0.25) is 14.2 Å². The summed E-state index contributed by atoms with van der Waals surface area (Å²) >= 11 is 2.11. The predicted molar refractivity (Wildman–Crippen MR) is 117 cm³/mol. The molecule has 0 radical (unpaired) electrons. The molecule has 0 spiro atoms. The van der Waals surface area contributed by atoms with Crippen LogP contribution in [0.25, 0.3) is 0 Å². The maximum Gasteiger partial charge on any atom is 0.350 e. The van der Waals surface area contributed by atoms with Crippen LogP contribution in [0.1, 0.15) is 48.6 Å². The fraction of sp³-hybridized carbons (Fsp3) is 0.556. The van der Waals surface area contributed by atoms with Gasteiger partial charge in [0.25, 0.3) is 0 Å². The van der Waals surface area contributed by atoms with Crippen molar-refractivity contribution in [3.8, 4) is 0 Å². The first-order valence-electron chi connectivity index (χ1n) is 9.53. The van der Waals surface area contributed by atoms with Crippen LogP contribution in [-0.2, 0) is 19.1 Å². The third-order valence-corrected chi connectivity index (χ3v) is 5.97. The number of hydrogen-bond donors (Lipinski definition) is 2. The summed E-state index contributed by atoms with van der Waals surface area (Å²) in [5.41, 5.74) is 6.39. The lowest BCUT2D eigenvalue weighted by atomic mass is 10.2. The summed E-state index contributed by atoms with van der Waals surface area (Å²) in [7, 11) is 1.28. The fourth-order valence-electron chi connectivity index (χ4n) is 2.48. The number of ether oxygens (including phenoxy) is 2. The average molecular weight is 471 g/mol. The third-order valence-electron chi connectivity index (χ3n) is 4.00. The van der Waals surface area contributed by atoms with Gasteiger partial charge in [0.15, 0.2) is 10.3 Å². The monoisotopic (exact) mass is 470 g/mol. The number of esters is 2. The maximum atomic E-state index is 13.0. The minimum absolute atomic E-state index is 0.000209. The highest BCUT2D eigenvalue weighted by Gasteiger charge is 2.27. The number of rotatable bonds is 10. The molecule has 1 unspecified atom stereocenters. The SMILES string of the molecule is CCC(C(=O)Nc1nc(C)c(C(=O)OCC(C)C)s1)n1c(N)nnc1SCC(=O)OC. The van der Waals surface area contributed by atoms with Gasteiger partial charge < -0.3 is 20.5 Å². The molecule has 13 heteroatoms. The average Bonchev–Trinajstić information content (AvgIpc) is 3.27. The number of nitrogens with zero attached hydrogens (tertiary/aromatic N) is 4. The Morgan fingerprint density at radius 2 is 2.00 bits per heavy atom. The summed E-state index contributed by atoms with van der Waals surface area (Å²) in [6.07, 6.45) is 0.382. The van der Waals surface area contributed by atoms with Gasteiger partial charge in [-0.05, 0) is 19.3 Å². The third kappa shape index (κ3) is 6.40. The Kier molecular flexibility index (Phi) is 8.80. The first kappa shape index (κ1) is 24.6. The number of aromatic nitrogens is 4. The summed E-state index contributed by atoms with van der Waals surface area (Å²) in [6, 6.07) is -0.740. The van der Waals surface area contributed by atoms with Gasteiger partial charge >= 0.3 is 11.9 Å². The molecular formula is C18H26N6O5S2. The molecule has 0 aliphatic heterocycles. The Morgan fingerprint density at radius 1 is 1.29 bits per heavy atom. The number of amides is 1. The summed E-state index contributed by atoms with van der Waals surface area (Å²) in [5.74, 6) is -1.05. The number of carbonyl (C=O) groups excluding carboxylic acids is 3. The highest BCUT2D eigenvalue weighted by molar-refractivity contribution is 7.99. The van der Waals surface area contributed by atoms with Gasteiger partial charge in [-0.15, -0.1) is 10.2 Å². The van der Waals surface area contributed by atoms with Crippen molar-refractivity contribution in [2.24, 2.45) is 5.92 Å². The van der Waals surface area contributed by atoms with Crippen molar-refractivity contribution in [3.63, 3.8) is 0 Å². The summed E-state index contributed by atoms with van der Waals surface area (Å²) in [4.78, 5) is 41.2. The zero-order chi connectivity index (χ0) is 23.1. The van der Waals surface area contributed by atoms with Crippen molar-refractivity contribution in [3.05, 3.63) is 10.6 Å². The van der Waals surface area contributed by atoms with Crippen LogP contribution in [0.15, 0.2) is 5.16 Å². The zero-order valence-corrected chi connectivity index (χ0v) is 19.6. The molecule has 0 aliphatic rings. The molecule has 0 saturated heterocycles. The normalized spacial score (nSPS) is 11.9. The molecule has 3 N–H and O–H groups in total. The van der Waals surface area contributed by atoms with E-state index in [4.69, 9.17) is 10.5 Å². The minimum Gasteiger partial charge on any atom is -0.468 e. The van der Waals surface area contributed by atoms with Crippen LogP contribution in [-0.4, -0.2) is 57.1 Å². The van der Waals surface area contributed by atoms with Gasteiger partial charge in [-0.25, -0.2) is 9.78 Å². The molecule has 0 saturated carbocycles. The van der Waals surface area contributed by atoms with Gasteiger partial charge in [0.2, 0.25) is 11.9 Å². The summed E-state index contributed by atoms with van der Waals surface area (Å²) in [6.45, 7) is 7.67. The van der Waals surface area contributed by atoms with Gasteiger partial charge in [0.05, 0.1) is 25.2 Å². The van der Waals surface area contributed by atoms with E-state index in [-0.39, 0.29) is 22.8 Å². The number of anilines is 2. The van der Waals surface area contributed by atoms with E-state index in [2.05, 4.69) is 25.2 Å². The number of methoxy groups -OCH3 is 1. The van der Waals surface area contributed by atoms with Crippen LogP contribution in [0, 0.1) is 12.8 Å². The second kappa shape index (κ2) is 11.1. The Labute approximate surface area is 188 Å². The van der Waals surface area contributed by atoms with Crippen molar-refractivity contribution < 1.29 is 23.9 Å². The molecule has 0 aliphatic carbocycles. The van der Waals surface area contributed by atoms with Crippen LogP contribution in [0.5, 0.6) is 0 Å².